The van der Waals surface area contributed by atoms with Crippen LogP contribution in [0.1, 0.15) is 13.0 Å². The number of hydrogen-bond donors (Lipinski definition) is 0. The van der Waals surface area contributed by atoms with E-state index in [1.54, 1.807) is 6.07 Å². The molecular weight excluding hydrogens is 321 g/mol. The SMILES string of the molecule is C[C@@H](CN1CCOCC1)n1ccnc1-c1cc(Cl)ccc1Cl. The topological polar surface area (TPSA) is 30.3 Å². The monoisotopic (exact) mass is 339 g/mol. The Morgan fingerprint density at radius 2 is 2.05 bits per heavy atom. The van der Waals surface area contributed by atoms with Gasteiger partial charge in [-0.25, -0.2) is 4.98 Å². The molecule has 0 radical (unpaired) electrons. The van der Waals surface area contributed by atoms with Crippen LogP contribution in [0.25, 0.3) is 11.4 Å². The van der Waals surface area contributed by atoms with Crippen molar-refractivity contribution in [3.05, 3.63) is 40.6 Å². The van der Waals surface area contributed by atoms with Crippen molar-refractivity contribution < 1.29 is 4.74 Å². The Morgan fingerprint density at radius 3 is 2.82 bits per heavy atom. The van der Waals surface area contributed by atoms with Crippen molar-refractivity contribution in [2.24, 2.45) is 0 Å². The predicted molar refractivity (Wildman–Crippen MR) is 89.7 cm³/mol. The van der Waals surface area contributed by atoms with Gasteiger partial charge in [0.05, 0.1) is 18.2 Å². The van der Waals surface area contributed by atoms with Gasteiger partial charge < -0.3 is 9.30 Å². The van der Waals surface area contributed by atoms with Crippen molar-refractivity contribution in [2.45, 2.75) is 13.0 Å². The van der Waals surface area contributed by atoms with E-state index in [-0.39, 0.29) is 0 Å². The number of rotatable bonds is 4. The molecule has 0 bridgehead atoms. The Kier molecular flexibility index (Phi) is 5.03. The molecule has 0 N–H and O–H groups in total. The maximum Gasteiger partial charge on any atom is 0.141 e. The average Bonchev–Trinajstić information content (AvgIpc) is 3.00. The van der Waals surface area contributed by atoms with E-state index < -0.39 is 0 Å². The maximum absolute atomic E-state index is 6.32. The summed E-state index contributed by atoms with van der Waals surface area (Å²) in [5.74, 6) is 0.855. The van der Waals surface area contributed by atoms with Gasteiger partial charge in [-0.15, -0.1) is 0 Å². The highest BCUT2D eigenvalue weighted by Gasteiger charge is 2.18. The van der Waals surface area contributed by atoms with Crippen LogP contribution in [0, 0.1) is 0 Å². The first-order chi connectivity index (χ1) is 10.6. The van der Waals surface area contributed by atoms with Crippen molar-refractivity contribution in [2.75, 3.05) is 32.8 Å². The Bertz CT molecular complexity index is 638. The molecule has 1 aromatic heterocycles. The van der Waals surface area contributed by atoms with Gasteiger partial charge in [0.15, 0.2) is 0 Å². The van der Waals surface area contributed by atoms with Gasteiger partial charge in [-0.1, -0.05) is 23.2 Å². The first-order valence-electron chi connectivity index (χ1n) is 7.43. The second-order valence-electron chi connectivity index (χ2n) is 5.54. The number of ether oxygens (including phenoxy) is 1. The third-order valence-corrected chi connectivity index (χ3v) is 4.50. The largest absolute Gasteiger partial charge is 0.379 e. The lowest BCUT2D eigenvalue weighted by Gasteiger charge is -2.30. The minimum atomic E-state index is 0.297. The van der Waals surface area contributed by atoms with Crippen LogP contribution in [0.15, 0.2) is 30.6 Å². The number of nitrogens with zero attached hydrogens (tertiary/aromatic N) is 3. The zero-order valence-electron chi connectivity index (χ0n) is 12.5. The molecule has 0 unspecified atom stereocenters. The van der Waals surface area contributed by atoms with E-state index in [2.05, 4.69) is 21.4 Å². The van der Waals surface area contributed by atoms with E-state index in [0.29, 0.717) is 16.1 Å². The molecule has 3 rings (SSSR count). The summed E-state index contributed by atoms with van der Waals surface area (Å²) in [5.41, 5.74) is 0.869. The van der Waals surface area contributed by atoms with Crippen LogP contribution in [0.4, 0.5) is 0 Å². The summed E-state index contributed by atoms with van der Waals surface area (Å²) in [6.45, 7) is 6.73. The zero-order valence-corrected chi connectivity index (χ0v) is 14.0. The second kappa shape index (κ2) is 7.01. The Morgan fingerprint density at radius 1 is 1.27 bits per heavy atom. The summed E-state index contributed by atoms with van der Waals surface area (Å²) in [4.78, 5) is 6.89. The summed E-state index contributed by atoms with van der Waals surface area (Å²) in [5, 5.41) is 1.32. The summed E-state index contributed by atoms with van der Waals surface area (Å²) >= 11 is 12.4. The minimum absolute atomic E-state index is 0.297. The molecule has 4 nitrogen and oxygen atoms in total. The van der Waals surface area contributed by atoms with Gasteiger partial charge in [0, 0.05) is 48.7 Å². The number of benzene rings is 1. The molecule has 1 fully saturated rings. The number of imidazole rings is 1. The zero-order chi connectivity index (χ0) is 15.5. The molecule has 0 spiro atoms. The van der Waals surface area contributed by atoms with E-state index in [4.69, 9.17) is 27.9 Å². The van der Waals surface area contributed by atoms with E-state index in [0.717, 1.165) is 44.2 Å². The highest BCUT2D eigenvalue weighted by molar-refractivity contribution is 6.35. The van der Waals surface area contributed by atoms with Crippen molar-refractivity contribution in [3.63, 3.8) is 0 Å². The lowest BCUT2D eigenvalue weighted by molar-refractivity contribution is 0.0326. The van der Waals surface area contributed by atoms with E-state index in [9.17, 15) is 0 Å². The summed E-state index contributed by atoms with van der Waals surface area (Å²) in [6, 6.07) is 5.76. The summed E-state index contributed by atoms with van der Waals surface area (Å²) in [6.07, 6.45) is 3.81. The third kappa shape index (κ3) is 3.46. The molecule has 22 heavy (non-hydrogen) atoms. The number of aromatic nitrogens is 2. The summed E-state index contributed by atoms with van der Waals surface area (Å²) in [7, 11) is 0. The molecule has 2 aromatic rings. The van der Waals surface area contributed by atoms with Crippen LogP contribution in [-0.4, -0.2) is 47.3 Å². The van der Waals surface area contributed by atoms with Crippen LogP contribution in [-0.2, 0) is 4.74 Å². The summed E-state index contributed by atoms with van der Waals surface area (Å²) < 4.78 is 7.56. The molecule has 1 atom stereocenters. The van der Waals surface area contributed by atoms with Crippen LogP contribution >= 0.6 is 23.2 Å². The van der Waals surface area contributed by atoms with Gasteiger partial charge in [0.2, 0.25) is 0 Å². The molecule has 0 aliphatic carbocycles. The highest BCUT2D eigenvalue weighted by Crippen LogP contribution is 2.31. The Labute approximate surface area is 140 Å². The smallest absolute Gasteiger partial charge is 0.141 e. The molecule has 118 valence electrons. The lowest BCUT2D eigenvalue weighted by Crippen LogP contribution is -2.39. The molecule has 1 aromatic carbocycles. The first-order valence-corrected chi connectivity index (χ1v) is 8.19. The molecule has 0 amide bonds. The minimum Gasteiger partial charge on any atom is -0.379 e. The lowest BCUT2D eigenvalue weighted by atomic mass is 10.2. The van der Waals surface area contributed by atoms with Crippen LogP contribution in [0.2, 0.25) is 10.0 Å². The molecular formula is C16H19Cl2N3O. The van der Waals surface area contributed by atoms with Gasteiger partial charge >= 0.3 is 0 Å². The number of hydrogen-bond acceptors (Lipinski definition) is 3. The van der Waals surface area contributed by atoms with Gasteiger partial charge in [-0.3, -0.25) is 4.90 Å². The maximum atomic E-state index is 6.32. The molecule has 1 saturated heterocycles. The van der Waals surface area contributed by atoms with E-state index >= 15 is 0 Å². The fourth-order valence-corrected chi connectivity index (χ4v) is 3.17. The van der Waals surface area contributed by atoms with Crippen LogP contribution < -0.4 is 0 Å². The second-order valence-corrected chi connectivity index (χ2v) is 6.39. The van der Waals surface area contributed by atoms with Crippen LogP contribution in [0.3, 0.4) is 0 Å². The van der Waals surface area contributed by atoms with Gasteiger partial charge in [-0.05, 0) is 25.1 Å². The van der Waals surface area contributed by atoms with Crippen molar-refractivity contribution >= 4 is 23.2 Å². The Hall–Kier alpha value is -1.07. The standard InChI is InChI=1S/C16H19Cl2N3O/c1-12(11-20-6-8-22-9-7-20)21-5-4-19-16(21)14-10-13(17)2-3-15(14)18/h2-5,10,12H,6-9,11H2,1H3/t12-/m0/s1. The molecule has 1 aliphatic rings. The average molecular weight is 340 g/mol. The van der Waals surface area contributed by atoms with Gasteiger partial charge in [0.25, 0.3) is 0 Å². The van der Waals surface area contributed by atoms with Crippen molar-refractivity contribution in [1.29, 1.82) is 0 Å². The first kappa shape index (κ1) is 15.8. The number of morpholine rings is 1. The highest BCUT2D eigenvalue weighted by atomic mass is 35.5. The fourth-order valence-electron chi connectivity index (χ4n) is 2.79. The third-order valence-electron chi connectivity index (χ3n) is 3.94. The molecule has 1 aliphatic heterocycles. The molecule has 6 heteroatoms. The van der Waals surface area contributed by atoms with Gasteiger partial charge in [0.1, 0.15) is 5.82 Å². The predicted octanol–water partition coefficient (Wildman–Crippen LogP) is 3.75. The fraction of sp³-hybridized carbons (Fsp3) is 0.438. The normalized spacial score (nSPS) is 17.6. The number of halogens is 2. The van der Waals surface area contributed by atoms with E-state index in [1.807, 2.05) is 24.5 Å². The Balaban J connectivity index is 1.83. The van der Waals surface area contributed by atoms with Gasteiger partial charge in [-0.2, -0.15) is 0 Å². The molecule has 2 heterocycles. The quantitative estimate of drug-likeness (QED) is 0.849. The molecule has 0 saturated carbocycles. The van der Waals surface area contributed by atoms with E-state index in [1.165, 1.54) is 0 Å². The van der Waals surface area contributed by atoms with Crippen LogP contribution in [0.5, 0.6) is 0 Å². The van der Waals surface area contributed by atoms with Crippen molar-refractivity contribution in [3.8, 4) is 11.4 Å². The van der Waals surface area contributed by atoms with Crippen molar-refractivity contribution in [1.82, 2.24) is 14.5 Å².